The number of carbonyl (C=O) groups is 1. The van der Waals surface area contributed by atoms with Crippen LogP contribution in [0.25, 0.3) is 6.08 Å². The van der Waals surface area contributed by atoms with E-state index >= 15 is 0 Å². The maximum Gasteiger partial charge on any atom is 0.347 e. The molecule has 1 aromatic carbocycles. The fourth-order valence-corrected chi connectivity index (χ4v) is 1.68. The van der Waals surface area contributed by atoms with Crippen molar-refractivity contribution >= 4 is 21.9 Å². The molecule has 0 aliphatic heterocycles. The van der Waals surface area contributed by atoms with Gasteiger partial charge in [0.25, 0.3) is 0 Å². The summed E-state index contributed by atoms with van der Waals surface area (Å²) in [4.78, 5) is 9.61. The van der Waals surface area contributed by atoms with Crippen LogP contribution in [0.15, 0.2) is 47.2 Å². The van der Waals surface area contributed by atoms with E-state index in [4.69, 9.17) is 5.11 Å². The van der Waals surface area contributed by atoms with Crippen LogP contribution in [0.5, 0.6) is 0 Å². The van der Waals surface area contributed by atoms with E-state index in [9.17, 15) is 13.2 Å². The largest absolute Gasteiger partial charge is 0.477 e. The van der Waals surface area contributed by atoms with E-state index in [-0.39, 0.29) is 0 Å². The van der Waals surface area contributed by atoms with Crippen molar-refractivity contribution in [2.75, 3.05) is 0 Å². The minimum atomic E-state index is -3.93. The van der Waals surface area contributed by atoms with Gasteiger partial charge in [0.05, 0.1) is 0 Å². The summed E-state index contributed by atoms with van der Waals surface area (Å²) in [5.41, 5.74) is 0.671. The van der Waals surface area contributed by atoms with E-state index in [0.29, 0.717) is 5.56 Å². The van der Waals surface area contributed by atoms with Gasteiger partial charge in [0.1, 0.15) is 4.91 Å². The molecule has 16 heavy (non-hydrogen) atoms. The molecule has 1 aromatic rings. The van der Waals surface area contributed by atoms with Crippen LogP contribution in [0, 0.1) is 0 Å². The number of carboxylic acids is 1. The Balaban J connectivity index is 2.94. The molecule has 1 rings (SSSR count). The van der Waals surface area contributed by atoms with Gasteiger partial charge in [-0.1, -0.05) is 36.9 Å². The summed E-state index contributed by atoms with van der Waals surface area (Å²) < 4.78 is 22.8. The normalized spacial score (nSPS) is 11.5. The van der Waals surface area contributed by atoms with Crippen molar-refractivity contribution in [3.8, 4) is 0 Å². The van der Waals surface area contributed by atoms with Crippen LogP contribution >= 0.6 is 0 Å². The number of benzene rings is 1. The quantitative estimate of drug-likeness (QED) is 0.810. The Bertz CT molecular complexity index is 526. The Hall–Kier alpha value is -1.88. The van der Waals surface area contributed by atoms with Gasteiger partial charge in [-0.3, -0.25) is 0 Å². The summed E-state index contributed by atoms with van der Waals surface area (Å²) in [5, 5.41) is 9.33. The zero-order valence-electron chi connectivity index (χ0n) is 8.33. The summed E-state index contributed by atoms with van der Waals surface area (Å²) in [5.74, 6) is -1.54. The Kier molecular flexibility index (Phi) is 3.63. The second-order valence-corrected chi connectivity index (χ2v) is 4.84. The minimum absolute atomic E-state index is 0.671. The van der Waals surface area contributed by atoms with Gasteiger partial charge in [-0.25, -0.2) is 13.2 Å². The SMILES string of the molecule is C=C(C(=O)O)S(=O)(=O)C=Cc1ccccc1. The highest BCUT2D eigenvalue weighted by Crippen LogP contribution is 2.10. The van der Waals surface area contributed by atoms with Gasteiger partial charge >= 0.3 is 5.97 Å². The van der Waals surface area contributed by atoms with Crippen molar-refractivity contribution in [3.63, 3.8) is 0 Å². The van der Waals surface area contributed by atoms with E-state index in [0.717, 1.165) is 5.41 Å². The molecule has 0 heterocycles. The first-order valence-electron chi connectivity index (χ1n) is 4.34. The van der Waals surface area contributed by atoms with Crippen LogP contribution in [-0.2, 0) is 14.6 Å². The van der Waals surface area contributed by atoms with Crippen LogP contribution in [0.1, 0.15) is 5.56 Å². The van der Waals surface area contributed by atoms with Crippen LogP contribution in [0.2, 0.25) is 0 Å². The van der Waals surface area contributed by atoms with Crippen molar-refractivity contribution in [1.82, 2.24) is 0 Å². The van der Waals surface area contributed by atoms with E-state index in [2.05, 4.69) is 6.58 Å². The van der Waals surface area contributed by atoms with Gasteiger partial charge in [0.2, 0.25) is 9.84 Å². The first-order valence-corrected chi connectivity index (χ1v) is 5.88. The van der Waals surface area contributed by atoms with E-state index in [1.165, 1.54) is 6.08 Å². The predicted molar refractivity (Wildman–Crippen MR) is 61.2 cm³/mol. The van der Waals surface area contributed by atoms with Gasteiger partial charge in [0.15, 0.2) is 0 Å². The molecule has 5 heteroatoms. The number of sulfone groups is 1. The van der Waals surface area contributed by atoms with E-state index < -0.39 is 20.7 Å². The number of aliphatic carboxylic acids is 1. The van der Waals surface area contributed by atoms with Crippen LogP contribution in [-0.4, -0.2) is 19.5 Å². The molecule has 0 atom stereocenters. The molecule has 0 aliphatic carbocycles. The Morgan fingerprint density at radius 1 is 1.25 bits per heavy atom. The predicted octanol–water partition coefficient (Wildman–Crippen LogP) is 1.67. The summed E-state index contributed by atoms with van der Waals surface area (Å²) in [6.45, 7) is 3.00. The first kappa shape index (κ1) is 12.2. The Morgan fingerprint density at radius 2 is 1.81 bits per heavy atom. The smallest absolute Gasteiger partial charge is 0.347 e. The van der Waals surface area contributed by atoms with Crippen molar-refractivity contribution in [2.24, 2.45) is 0 Å². The Labute approximate surface area is 93.5 Å². The molecule has 0 saturated carbocycles. The zero-order valence-corrected chi connectivity index (χ0v) is 9.15. The summed E-state index contributed by atoms with van der Waals surface area (Å²) in [6, 6.07) is 8.70. The highest BCUT2D eigenvalue weighted by atomic mass is 32.2. The van der Waals surface area contributed by atoms with Crippen LogP contribution < -0.4 is 0 Å². The van der Waals surface area contributed by atoms with Crippen molar-refractivity contribution in [2.45, 2.75) is 0 Å². The molecule has 0 bridgehead atoms. The molecule has 0 fully saturated rings. The van der Waals surface area contributed by atoms with Crippen molar-refractivity contribution < 1.29 is 18.3 Å². The van der Waals surface area contributed by atoms with E-state index in [1.54, 1.807) is 30.3 Å². The third-order valence-corrected chi connectivity index (χ3v) is 3.18. The van der Waals surface area contributed by atoms with Gasteiger partial charge in [-0.15, -0.1) is 0 Å². The van der Waals surface area contributed by atoms with Gasteiger partial charge in [-0.2, -0.15) is 0 Å². The Morgan fingerprint density at radius 3 is 2.31 bits per heavy atom. The van der Waals surface area contributed by atoms with E-state index in [1.807, 2.05) is 0 Å². The lowest BCUT2D eigenvalue weighted by atomic mass is 10.2. The first-order chi connectivity index (χ1) is 7.43. The molecule has 1 N–H and O–H groups in total. The molecule has 84 valence electrons. The van der Waals surface area contributed by atoms with Crippen LogP contribution in [0.3, 0.4) is 0 Å². The summed E-state index contributed by atoms with van der Waals surface area (Å²) >= 11 is 0. The highest BCUT2D eigenvalue weighted by Gasteiger charge is 2.18. The molecule has 0 aromatic heterocycles. The molecule has 0 unspecified atom stereocenters. The average Bonchev–Trinajstić information content (AvgIpc) is 2.27. The molecule has 0 aliphatic rings. The molecule has 4 nitrogen and oxygen atoms in total. The second kappa shape index (κ2) is 4.76. The average molecular weight is 238 g/mol. The zero-order chi connectivity index (χ0) is 12.2. The third kappa shape index (κ3) is 3.06. The van der Waals surface area contributed by atoms with Crippen LogP contribution in [0.4, 0.5) is 0 Å². The lowest BCUT2D eigenvalue weighted by Crippen LogP contribution is -2.08. The monoisotopic (exact) mass is 238 g/mol. The highest BCUT2D eigenvalue weighted by molar-refractivity contribution is 7.99. The summed E-state index contributed by atoms with van der Waals surface area (Å²) in [6.07, 6.45) is 1.32. The molecule has 0 saturated heterocycles. The fourth-order valence-electron chi connectivity index (χ4n) is 0.936. The van der Waals surface area contributed by atoms with Gasteiger partial charge < -0.3 is 5.11 Å². The minimum Gasteiger partial charge on any atom is -0.477 e. The molecular weight excluding hydrogens is 228 g/mol. The third-order valence-electron chi connectivity index (χ3n) is 1.82. The molecular formula is C11H10O4S. The maximum absolute atomic E-state index is 11.4. The second-order valence-electron chi connectivity index (χ2n) is 2.99. The lowest BCUT2D eigenvalue weighted by Gasteiger charge is -1.96. The number of hydrogen-bond acceptors (Lipinski definition) is 3. The molecule has 0 spiro atoms. The lowest BCUT2D eigenvalue weighted by molar-refractivity contribution is -0.131. The number of hydrogen-bond donors (Lipinski definition) is 1. The maximum atomic E-state index is 11.4. The molecule has 0 radical (unpaired) electrons. The van der Waals surface area contributed by atoms with Gasteiger partial charge in [0, 0.05) is 5.41 Å². The standard InChI is InChI=1S/C11H10O4S/c1-9(11(12)13)16(14,15)8-7-10-5-3-2-4-6-10/h2-8H,1H2,(H,12,13). The molecule has 0 amide bonds. The van der Waals surface area contributed by atoms with Crippen molar-refractivity contribution in [3.05, 3.63) is 52.8 Å². The number of rotatable bonds is 4. The van der Waals surface area contributed by atoms with Gasteiger partial charge in [-0.05, 0) is 11.6 Å². The van der Waals surface area contributed by atoms with Crippen molar-refractivity contribution in [1.29, 1.82) is 0 Å². The summed E-state index contributed by atoms with van der Waals surface area (Å²) in [7, 11) is -3.93. The fraction of sp³-hybridized carbons (Fsp3) is 0. The number of carboxylic acid groups (broad SMARTS) is 1. The topological polar surface area (TPSA) is 71.4 Å².